The Morgan fingerprint density at radius 2 is 2.21 bits per heavy atom. The number of rotatable bonds is 3. The summed E-state index contributed by atoms with van der Waals surface area (Å²) in [4.78, 5) is 0. The van der Waals surface area contributed by atoms with Crippen molar-refractivity contribution in [1.82, 2.24) is 14.8 Å². The minimum atomic E-state index is -0.0310. The third-order valence-electron chi connectivity index (χ3n) is 3.03. The van der Waals surface area contributed by atoms with E-state index in [1.165, 1.54) is 6.42 Å². The standard InChI is InChI=1S/C9H14ClN3O/c1-7-11-12-8(10)13(7)6-9(14-2)4-3-5-9/h3-6H2,1-2H3. The van der Waals surface area contributed by atoms with Gasteiger partial charge in [-0.2, -0.15) is 0 Å². The van der Waals surface area contributed by atoms with E-state index in [0.29, 0.717) is 5.28 Å². The molecular weight excluding hydrogens is 202 g/mol. The SMILES string of the molecule is COC1(Cn2c(C)nnc2Cl)CCC1. The van der Waals surface area contributed by atoms with Crippen molar-refractivity contribution in [3.8, 4) is 0 Å². The maximum Gasteiger partial charge on any atom is 0.225 e. The predicted octanol–water partition coefficient (Wildman–Crippen LogP) is 1.81. The van der Waals surface area contributed by atoms with E-state index < -0.39 is 0 Å². The molecule has 1 aromatic heterocycles. The lowest BCUT2D eigenvalue weighted by atomic mass is 9.80. The van der Waals surface area contributed by atoms with Crippen LogP contribution in [0.5, 0.6) is 0 Å². The molecule has 1 fully saturated rings. The molecule has 0 aromatic carbocycles. The summed E-state index contributed by atoms with van der Waals surface area (Å²) in [5.74, 6) is 0.846. The molecular formula is C9H14ClN3O. The molecule has 0 N–H and O–H groups in total. The summed E-state index contributed by atoms with van der Waals surface area (Å²) in [7, 11) is 1.76. The number of methoxy groups -OCH3 is 1. The molecule has 78 valence electrons. The highest BCUT2D eigenvalue weighted by molar-refractivity contribution is 6.28. The topological polar surface area (TPSA) is 39.9 Å². The molecule has 1 saturated carbocycles. The van der Waals surface area contributed by atoms with Crippen molar-refractivity contribution < 1.29 is 4.74 Å². The Balaban J connectivity index is 2.17. The fourth-order valence-electron chi connectivity index (χ4n) is 1.82. The van der Waals surface area contributed by atoms with Crippen molar-refractivity contribution in [3.63, 3.8) is 0 Å². The van der Waals surface area contributed by atoms with Gasteiger partial charge in [-0.05, 0) is 37.8 Å². The molecule has 5 heteroatoms. The summed E-state index contributed by atoms with van der Waals surface area (Å²) >= 11 is 5.92. The van der Waals surface area contributed by atoms with Crippen molar-refractivity contribution >= 4 is 11.6 Å². The first-order valence-electron chi connectivity index (χ1n) is 4.77. The molecule has 4 nitrogen and oxygen atoms in total. The van der Waals surface area contributed by atoms with Gasteiger partial charge in [-0.15, -0.1) is 10.2 Å². The molecule has 1 heterocycles. The Morgan fingerprint density at radius 1 is 1.50 bits per heavy atom. The molecule has 0 radical (unpaired) electrons. The lowest BCUT2D eigenvalue weighted by Gasteiger charge is -2.40. The van der Waals surface area contributed by atoms with Gasteiger partial charge in [-0.25, -0.2) is 0 Å². The van der Waals surface area contributed by atoms with Crippen LogP contribution in [0.25, 0.3) is 0 Å². The quantitative estimate of drug-likeness (QED) is 0.772. The van der Waals surface area contributed by atoms with Crippen LogP contribution < -0.4 is 0 Å². The molecule has 0 spiro atoms. The van der Waals surface area contributed by atoms with Gasteiger partial charge in [-0.1, -0.05) is 0 Å². The van der Waals surface area contributed by atoms with Crippen LogP contribution in [0.3, 0.4) is 0 Å². The normalized spacial score (nSPS) is 19.4. The molecule has 14 heavy (non-hydrogen) atoms. The summed E-state index contributed by atoms with van der Waals surface area (Å²) < 4.78 is 7.43. The molecule has 0 saturated heterocycles. The number of hydrogen-bond acceptors (Lipinski definition) is 3. The van der Waals surface area contributed by atoms with Gasteiger partial charge >= 0.3 is 0 Å². The molecule has 0 amide bonds. The Hall–Kier alpha value is -0.610. The first kappa shape index (κ1) is 9.93. The van der Waals surface area contributed by atoms with E-state index in [1.807, 2.05) is 11.5 Å². The van der Waals surface area contributed by atoms with E-state index in [0.717, 1.165) is 25.2 Å². The first-order valence-corrected chi connectivity index (χ1v) is 5.15. The second kappa shape index (κ2) is 3.51. The van der Waals surface area contributed by atoms with Gasteiger partial charge in [0, 0.05) is 7.11 Å². The second-order valence-electron chi connectivity index (χ2n) is 3.84. The zero-order chi connectivity index (χ0) is 10.2. The maximum atomic E-state index is 5.92. The predicted molar refractivity (Wildman–Crippen MR) is 53.4 cm³/mol. The molecule has 0 aliphatic heterocycles. The van der Waals surface area contributed by atoms with Crippen molar-refractivity contribution in [2.24, 2.45) is 0 Å². The first-order chi connectivity index (χ1) is 6.67. The minimum absolute atomic E-state index is 0.0310. The van der Waals surface area contributed by atoms with E-state index in [-0.39, 0.29) is 5.60 Å². The minimum Gasteiger partial charge on any atom is -0.376 e. The highest BCUT2D eigenvalue weighted by atomic mass is 35.5. The summed E-state index contributed by atoms with van der Waals surface area (Å²) in [6.07, 6.45) is 3.42. The fraction of sp³-hybridized carbons (Fsp3) is 0.778. The van der Waals surface area contributed by atoms with Crippen LogP contribution in [0.1, 0.15) is 25.1 Å². The maximum absolute atomic E-state index is 5.92. The third-order valence-corrected chi connectivity index (χ3v) is 3.31. The summed E-state index contributed by atoms with van der Waals surface area (Å²) in [5.41, 5.74) is -0.0310. The van der Waals surface area contributed by atoms with Crippen LogP contribution >= 0.6 is 11.6 Å². The monoisotopic (exact) mass is 215 g/mol. The number of halogens is 1. The zero-order valence-electron chi connectivity index (χ0n) is 8.46. The number of hydrogen-bond donors (Lipinski definition) is 0. The highest BCUT2D eigenvalue weighted by Crippen LogP contribution is 2.37. The van der Waals surface area contributed by atoms with Gasteiger partial charge in [0.05, 0.1) is 12.1 Å². The highest BCUT2D eigenvalue weighted by Gasteiger charge is 2.38. The number of aryl methyl sites for hydroxylation is 1. The smallest absolute Gasteiger partial charge is 0.225 e. The van der Waals surface area contributed by atoms with Crippen molar-refractivity contribution in [1.29, 1.82) is 0 Å². The molecule has 0 unspecified atom stereocenters. The Morgan fingerprint density at radius 3 is 2.57 bits per heavy atom. The molecule has 0 atom stereocenters. The van der Waals surface area contributed by atoms with E-state index in [4.69, 9.17) is 16.3 Å². The van der Waals surface area contributed by atoms with Gasteiger partial charge in [0.25, 0.3) is 0 Å². The van der Waals surface area contributed by atoms with E-state index in [9.17, 15) is 0 Å². The molecule has 2 rings (SSSR count). The van der Waals surface area contributed by atoms with Gasteiger partial charge in [0.2, 0.25) is 5.28 Å². The van der Waals surface area contributed by atoms with Gasteiger partial charge in [-0.3, -0.25) is 4.57 Å². The van der Waals surface area contributed by atoms with E-state index in [2.05, 4.69) is 10.2 Å². The van der Waals surface area contributed by atoms with Crippen molar-refractivity contribution in [3.05, 3.63) is 11.1 Å². The molecule has 0 bridgehead atoms. The van der Waals surface area contributed by atoms with Crippen LogP contribution in [0.2, 0.25) is 5.28 Å². The molecule has 1 aromatic rings. The second-order valence-corrected chi connectivity index (χ2v) is 4.18. The number of nitrogens with zero attached hydrogens (tertiary/aromatic N) is 3. The lowest BCUT2D eigenvalue weighted by molar-refractivity contribution is -0.0838. The van der Waals surface area contributed by atoms with Crippen LogP contribution in [0, 0.1) is 6.92 Å². The third kappa shape index (κ3) is 1.53. The summed E-state index contributed by atoms with van der Waals surface area (Å²) in [6.45, 7) is 2.67. The van der Waals surface area contributed by atoms with Gasteiger partial charge in [0.15, 0.2) is 0 Å². The number of ether oxygens (including phenoxy) is 1. The average Bonchev–Trinajstić information content (AvgIpc) is 2.41. The van der Waals surface area contributed by atoms with E-state index in [1.54, 1.807) is 7.11 Å². The molecule has 1 aliphatic rings. The van der Waals surface area contributed by atoms with Crippen LogP contribution in [0.15, 0.2) is 0 Å². The Kier molecular flexibility index (Phi) is 2.49. The fourth-order valence-corrected chi connectivity index (χ4v) is 2.04. The summed E-state index contributed by atoms with van der Waals surface area (Å²) in [6, 6.07) is 0. The van der Waals surface area contributed by atoms with Crippen LogP contribution in [0.4, 0.5) is 0 Å². The lowest BCUT2D eigenvalue weighted by Crippen LogP contribution is -2.43. The van der Waals surface area contributed by atoms with Crippen LogP contribution in [-0.4, -0.2) is 27.5 Å². The van der Waals surface area contributed by atoms with Crippen molar-refractivity contribution in [2.45, 2.75) is 38.3 Å². The Bertz CT molecular complexity index is 308. The van der Waals surface area contributed by atoms with Gasteiger partial charge in [0.1, 0.15) is 5.82 Å². The van der Waals surface area contributed by atoms with Crippen LogP contribution in [-0.2, 0) is 11.3 Å². The van der Waals surface area contributed by atoms with E-state index >= 15 is 0 Å². The molecule has 1 aliphatic carbocycles. The van der Waals surface area contributed by atoms with Gasteiger partial charge < -0.3 is 4.74 Å². The average molecular weight is 216 g/mol. The van der Waals surface area contributed by atoms with Crippen molar-refractivity contribution in [2.75, 3.05) is 7.11 Å². The summed E-state index contributed by atoms with van der Waals surface area (Å²) in [5, 5.41) is 8.18. The Labute approximate surface area is 88.2 Å². The largest absolute Gasteiger partial charge is 0.376 e. The number of aromatic nitrogens is 3. The zero-order valence-corrected chi connectivity index (χ0v) is 9.21.